The molecule has 0 radical (unpaired) electrons. The second-order valence-corrected chi connectivity index (χ2v) is 5.83. The van der Waals surface area contributed by atoms with Crippen LogP contribution in [0.1, 0.15) is 51.0 Å². The smallest absolute Gasteiger partial charge is 0.142 e. The molecule has 2 heteroatoms. The maximum absolute atomic E-state index is 5.48. The summed E-state index contributed by atoms with van der Waals surface area (Å²) >= 11 is 0. The molecule has 1 N–H and O–H groups in total. The lowest BCUT2D eigenvalue weighted by Crippen LogP contribution is -2.18. The SMILES string of the molecule is CCC1CCCC(Nc2ccc(C)cc2OC)CC1. The predicted octanol–water partition coefficient (Wildman–Crippen LogP) is 4.77. The normalized spacial score (nSPS) is 23.7. The summed E-state index contributed by atoms with van der Waals surface area (Å²) in [5, 5.41) is 3.69. The third-order valence-electron chi connectivity index (χ3n) is 4.38. The number of hydrogen-bond acceptors (Lipinski definition) is 2. The number of benzene rings is 1. The molecule has 1 aliphatic carbocycles. The highest BCUT2D eigenvalue weighted by Crippen LogP contribution is 2.31. The molecule has 0 saturated heterocycles. The summed E-state index contributed by atoms with van der Waals surface area (Å²) < 4.78 is 5.48. The molecular formula is C17H27NO. The number of aryl methyl sites for hydroxylation is 1. The Morgan fingerprint density at radius 3 is 2.79 bits per heavy atom. The Morgan fingerprint density at radius 2 is 2.05 bits per heavy atom. The highest BCUT2D eigenvalue weighted by atomic mass is 16.5. The van der Waals surface area contributed by atoms with Crippen LogP contribution < -0.4 is 10.1 Å². The lowest BCUT2D eigenvalue weighted by Gasteiger charge is -2.20. The van der Waals surface area contributed by atoms with Crippen molar-refractivity contribution in [1.29, 1.82) is 0 Å². The summed E-state index contributed by atoms with van der Waals surface area (Å²) in [7, 11) is 1.75. The third-order valence-corrected chi connectivity index (χ3v) is 4.38. The largest absolute Gasteiger partial charge is 0.495 e. The van der Waals surface area contributed by atoms with E-state index in [1.54, 1.807) is 7.11 Å². The molecule has 1 fully saturated rings. The van der Waals surface area contributed by atoms with E-state index in [0.29, 0.717) is 6.04 Å². The Hall–Kier alpha value is -1.18. The minimum atomic E-state index is 0.605. The number of methoxy groups -OCH3 is 1. The zero-order valence-corrected chi connectivity index (χ0v) is 12.5. The average molecular weight is 261 g/mol. The van der Waals surface area contributed by atoms with Crippen LogP contribution in [0, 0.1) is 12.8 Å². The van der Waals surface area contributed by atoms with E-state index in [2.05, 4.69) is 37.4 Å². The van der Waals surface area contributed by atoms with E-state index < -0.39 is 0 Å². The highest BCUT2D eigenvalue weighted by molar-refractivity contribution is 5.58. The van der Waals surface area contributed by atoms with Gasteiger partial charge in [-0.05, 0) is 49.8 Å². The fourth-order valence-electron chi connectivity index (χ4n) is 3.07. The van der Waals surface area contributed by atoms with Crippen LogP contribution in [0.4, 0.5) is 5.69 Å². The van der Waals surface area contributed by atoms with E-state index in [1.165, 1.54) is 44.1 Å². The maximum Gasteiger partial charge on any atom is 0.142 e. The first kappa shape index (κ1) is 14.2. The lowest BCUT2D eigenvalue weighted by atomic mass is 9.98. The first-order valence-corrected chi connectivity index (χ1v) is 7.64. The van der Waals surface area contributed by atoms with Gasteiger partial charge in [0.1, 0.15) is 5.75 Å². The second-order valence-electron chi connectivity index (χ2n) is 5.83. The molecule has 0 heterocycles. The molecule has 1 saturated carbocycles. The number of nitrogens with one attached hydrogen (secondary N) is 1. The quantitative estimate of drug-likeness (QED) is 0.788. The van der Waals surface area contributed by atoms with E-state index in [4.69, 9.17) is 4.74 Å². The van der Waals surface area contributed by atoms with Crippen molar-refractivity contribution in [3.05, 3.63) is 23.8 Å². The van der Waals surface area contributed by atoms with Crippen LogP contribution in [0.25, 0.3) is 0 Å². The van der Waals surface area contributed by atoms with Gasteiger partial charge < -0.3 is 10.1 Å². The first-order valence-electron chi connectivity index (χ1n) is 7.64. The molecule has 2 atom stereocenters. The van der Waals surface area contributed by atoms with Crippen molar-refractivity contribution in [2.45, 2.75) is 58.4 Å². The summed E-state index contributed by atoms with van der Waals surface area (Å²) in [6.45, 7) is 4.42. The zero-order chi connectivity index (χ0) is 13.7. The molecule has 1 aromatic rings. The molecule has 0 amide bonds. The van der Waals surface area contributed by atoms with Crippen LogP contribution in [0.2, 0.25) is 0 Å². The van der Waals surface area contributed by atoms with Gasteiger partial charge in [0.05, 0.1) is 12.8 Å². The minimum Gasteiger partial charge on any atom is -0.495 e. The monoisotopic (exact) mass is 261 g/mol. The fraction of sp³-hybridized carbons (Fsp3) is 0.647. The number of rotatable bonds is 4. The number of ether oxygens (including phenoxy) is 1. The summed E-state index contributed by atoms with van der Waals surface area (Å²) in [6.07, 6.45) is 8.02. The molecule has 0 spiro atoms. The number of anilines is 1. The van der Waals surface area contributed by atoms with Crippen molar-refractivity contribution in [3.63, 3.8) is 0 Å². The zero-order valence-electron chi connectivity index (χ0n) is 12.5. The van der Waals surface area contributed by atoms with E-state index in [9.17, 15) is 0 Å². The van der Waals surface area contributed by atoms with Crippen LogP contribution in [0.15, 0.2) is 18.2 Å². The van der Waals surface area contributed by atoms with Gasteiger partial charge in [0.25, 0.3) is 0 Å². The van der Waals surface area contributed by atoms with Gasteiger partial charge in [0.15, 0.2) is 0 Å². The molecule has 0 aliphatic heterocycles. The fourth-order valence-corrected chi connectivity index (χ4v) is 3.07. The van der Waals surface area contributed by atoms with Crippen molar-refractivity contribution >= 4 is 5.69 Å². The Kier molecular flexibility index (Phi) is 5.12. The molecule has 1 aliphatic rings. The molecule has 0 aromatic heterocycles. The van der Waals surface area contributed by atoms with Gasteiger partial charge >= 0.3 is 0 Å². The van der Waals surface area contributed by atoms with Crippen LogP contribution in [0.5, 0.6) is 5.75 Å². The molecule has 106 valence electrons. The van der Waals surface area contributed by atoms with Crippen molar-refractivity contribution in [1.82, 2.24) is 0 Å². The molecule has 2 nitrogen and oxygen atoms in total. The molecule has 2 unspecified atom stereocenters. The Morgan fingerprint density at radius 1 is 1.21 bits per heavy atom. The Bertz CT molecular complexity index is 402. The Labute approximate surface area is 117 Å². The predicted molar refractivity (Wildman–Crippen MR) is 82.0 cm³/mol. The van der Waals surface area contributed by atoms with Crippen LogP contribution >= 0.6 is 0 Å². The lowest BCUT2D eigenvalue weighted by molar-refractivity contribution is 0.415. The average Bonchev–Trinajstić information content (AvgIpc) is 2.66. The van der Waals surface area contributed by atoms with Crippen molar-refractivity contribution in [3.8, 4) is 5.75 Å². The highest BCUT2D eigenvalue weighted by Gasteiger charge is 2.18. The molecule has 19 heavy (non-hydrogen) atoms. The van der Waals surface area contributed by atoms with E-state index in [0.717, 1.165) is 17.4 Å². The van der Waals surface area contributed by atoms with Gasteiger partial charge in [-0.15, -0.1) is 0 Å². The van der Waals surface area contributed by atoms with Crippen LogP contribution in [-0.4, -0.2) is 13.2 Å². The van der Waals surface area contributed by atoms with Crippen molar-refractivity contribution in [2.75, 3.05) is 12.4 Å². The van der Waals surface area contributed by atoms with Gasteiger partial charge in [-0.3, -0.25) is 0 Å². The van der Waals surface area contributed by atoms with Crippen LogP contribution in [-0.2, 0) is 0 Å². The first-order chi connectivity index (χ1) is 9.22. The summed E-state index contributed by atoms with van der Waals surface area (Å²) in [4.78, 5) is 0. The van der Waals surface area contributed by atoms with Gasteiger partial charge in [-0.2, -0.15) is 0 Å². The van der Waals surface area contributed by atoms with E-state index in [-0.39, 0.29) is 0 Å². The molecule has 1 aromatic carbocycles. The topological polar surface area (TPSA) is 21.3 Å². The van der Waals surface area contributed by atoms with Crippen LogP contribution in [0.3, 0.4) is 0 Å². The minimum absolute atomic E-state index is 0.605. The summed E-state index contributed by atoms with van der Waals surface area (Å²) in [6, 6.07) is 7.01. The third kappa shape index (κ3) is 3.89. The van der Waals surface area contributed by atoms with Gasteiger partial charge in [0.2, 0.25) is 0 Å². The molecule has 2 rings (SSSR count). The second kappa shape index (κ2) is 6.83. The van der Waals surface area contributed by atoms with Gasteiger partial charge in [-0.25, -0.2) is 0 Å². The summed E-state index contributed by atoms with van der Waals surface area (Å²) in [5.74, 6) is 1.91. The molecular weight excluding hydrogens is 234 g/mol. The van der Waals surface area contributed by atoms with E-state index in [1.807, 2.05) is 0 Å². The standard InChI is InChI=1S/C17H27NO/c1-4-14-6-5-7-15(10-9-14)18-16-11-8-13(2)12-17(16)19-3/h8,11-12,14-15,18H,4-7,9-10H2,1-3H3. The Balaban J connectivity index is 2.00. The maximum atomic E-state index is 5.48. The molecule has 0 bridgehead atoms. The van der Waals surface area contributed by atoms with E-state index >= 15 is 0 Å². The number of hydrogen-bond donors (Lipinski definition) is 1. The van der Waals surface area contributed by atoms with Gasteiger partial charge in [-0.1, -0.05) is 32.3 Å². The van der Waals surface area contributed by atoms with Gasteiger partial charge in [0, 0.05) is 6.04 Å². The van der Waals surface area contributed by atoms with Crippen molar-refractivity contribution < 1.29 is 4.74 Å². The van der Waals surface area contributed by atoms with Crippen molar-refractivity contribution in [2.24, 2.45) is 5.92 Å². The summed E-state index contributed by atoms with van der Waals surface area (Å²) in [5.41, 5.74) is 2.39.